The number of rotatable bonds is 6. The number of hydrogen-bond donors (Lipinski definition) is 5. The maximum Gasteiger partial charge on any atom is 0.322 e. The molecule has 0 saturated carbocycles. The lowest BCUT2D eigenvalue weighted by Crippen LogP contribution is -2.32. The number of nitrogens with one attached hydrogen (secondary N) is 1. The highest BCUT2D eigenvalue weighted by molar-refractivity contribution is 5.73. The molecule has 2 aromatic rings. The topological polar surface area (TPSA) is 133 Å². The van der Waals surface area contributed by atoms with Crippen molar-refractivity contribution in [3.05, 3.63) is 60.2 Å². The average molecular weight is 332 g/mol. The van der Waals surface area contributed by atoms with E-state index in [9.17, 15) is 9.59 Å². The molecule has 128 valence electrons. The number of aliphatic carboxylic acids is 2. The minimum absolute atomic E-state index is 0.0377. The predicted molar refractivity (Wildman–Crippen MR) is 90.0 cm³/mol. The van der Waals surface area contributed by atoms with Crippen LogP contribution in [0.25, 0.3) is 0 Å². The molecule has 0 saturated heterocycles. The second-order valence-electron chi connectivity index (χ2n) is 4.93. The summed E-state index contributed by atoms with van der Waals surface area (Å²) in [5.74, 6) is -1.71. The first-order valence-electron chi connectivity index (χ1n) is 7.15. The number of aromatic hydroxyl groups is 1. The Morgan fingerprint density at radius 1 is 1.00 bits per heavy atom. The summed E-state index contributed by atoms with van der Waals surface area (Å²) in [5.41, 5.74) is 6.95. The second-order valence-corrected chi connectivity index (χ2v) is 4.93. The maximum atomic E-state index is 10.4. The van der Waals surface area contributed by atoms with Crippen molar-refractivity contribution >= 4 is 17.6 Å². The summed E-state index contributed by atoms with van der Waals surface area (Å²) < 4.78 is 0. The van der Waals surface area contributed by atoms with Crippen LogP contribution in [0.2, 0.25) is 0 Å². The summed E-state index contributed by atoms with van der Waals surface area (Å²) in [6, 6.07) is 14.7. The van der Waals surface area contributed by atoms with Gasteiger partial charge in [0.15, 0.2) is 0 Å². The van der Waals surface area contributed by atoms with Crippen molar-refractivity contribution in [2.45, 2.75) is 12.5 Å². The third kappa shape index (κ3) is 7.81. The Morgan fingerprint density at radius 3 is 2.08 bits per heavy atom. The number of para-hydroxylation sites is 1. The lowest BCUT2D eigenvalue weighted by atomic mass is 10.1. The van der Waals surface area contributed by atoms with Crippen molar-refractivity contribution in [1.29, 1.82) is 0 Å². The monoisotopic (exact) mass is 332 g/mol. The van der Waals surface area contributed by atoms with Gasteiger partial charge in [0.25, 0.3) is 0 Å². The van der Waals surface area contributed by atoms with E-state index >= 15 is 0 Å². The zero-order chi connectivity index (χ0) is 17.9. The summed E-state index contributed by atoms with van der Waals surface area (Å²) in [6.45, 7) is -0.0377. The van der Waals surface area contributed by atoms with Gasteiger partial charge in [0.2, 0.25) is 0 Å². The fourth-order valence-electron chi connectivity index (χ4n) is 1.71. The predicted octanol–water partition coefficient (Wildman–Crippen LogP) is 1.53. The van der Waals surface area contributed by atoms with Crippen molar-refractivity contribution in [3.63, 3.8) is 0 Å². The molecule has 7 heteroatoms. The van der Waals surface area contributed by atoms with E-state index in [-0.39, 0.29) is 18.7 Å². The molecule has 0 aliphatic heterocycles. The van der Waals surface area contributed by atoms with Gasteiger partial charge in [-0.1, -0.05) is 30.3 Å². The lowest BCUT2D eigenvalue weighted by molar-refractivity contribution is -0.138. The molecule has 7 nitrogen and oxygen atoms in total. The number of carbonyl (C=O) groups is 2. The van der Waals surface area contributed by atoms with Crippen molar-refractivity contribution in [2.75, 3.05) is 11.9 Å². The average Bonchev–Trinajstić information content (AvgIpc) is 2.56. The first-order valence-corrected chi connectivity index (χ1v) is 7.15. The first kappa shape index (κ1) is 19.0. The third-order valence-electron chi connectivity index (χ3n) is 2.93. The van der Waals surface area contributed by atoms with Gasteiger partial charge in [-0.25, -0.2) is 0 Å². The number of carboxylic acid groups (broad SMARTS) is 2. The number of nitrogens with two attached hydrogens (primary N) is 1. The molecule has 0 amide bonds. The van der Waals surface area contributed by atoms with Gasteiger partial charge in [-0.2, -0.15) is 0 Å². The molecule has 0 heterocycles. The number of hydrogen-bond acceptors (Lipinski definition) is 5. The zero-order valence-corrected chi connectivity index (χ0v) is 12.9. The minimum Gasteiger partial charge on any atom is -0.508 e. The van der Waals surface area contributed by atoms with Crippen LogP contribution in [0.15, 0.2) is 54.6 Å². The molecule has 6 N–H and O–H groups in total. The number of carboxylic acids is 2. The summed E-state index contributed by atoms with van der Waals surface area (Å²) in [4.78, 5) is 20.5. The van der Waals surface area contributed by atoms with Crippen LogP contribution >= 0.6 is 0 Å². The van der Waals surface area contributed by atoms with Crippen LogP contribution in [0.5, 0.6) is 5.75 Å². The van der Waals surface area contributed by atoms with Crippen LogP contribution < -0.4 is 11.1 Å². The Labute approximate surface area is 139 Å². The molecular formula is C17H20N2O5. The van der Waals surface area contributed by atoms with Gasteiger partial charge < -0.3 is 26.4 Å². The Bertz CT molecular complexity index is 644. The SMILES string of the molecule is N[C@@H](Cc1ccc(O)cc1)C(=O)O.O=C(O)CNc1ccccc1. The van der Waals surface area contributed by atoms with E-state index < -0.39 is 18.0 Å². The molecule has 0 bridgehead atoms. The van der Waals surface area contributed by atoms with E-state index in [0.29, 0.717) is 0 Å². The van der Waals surface area contributed by atoms with E-state index in [4.69, 9.17) is 21.1 Å². The smallest absolute Gasteiger partial charge is 0.322 e. The standard InChI is InChI=1S/C9H11NO3.C8H9NO2/c10-8(9(12)13)5-6-1-3-7(11)4-2-6;10-8(11)6-9-7-4-2-1-3-5-7/h1-4,8,11H,5,10H2,(H,12,13);1-5,9H,6H2,(H,10,11)/t8-;/m0./s1. The Balaban J connectivity index is 0.000000243. The van der Waals surface area contributed by atoms with E-state index in [1.807, 2.05) is 30.3 Å². The van der Waals surface area contributed by atoms with Crippen molar-refractivity contribution in [3.8, 4) is 5.75 Å². The lowest BCUT2D eigenvalue weighted by Gasteiger charge is -2.05. The number of anilines is 1. The minimum atomic E-state index is -1.02. The molecule has 0 unspecified atom stereocenters. The van der Waals surface area contributed by atoms with Crippen LogP contribution in [-0.4, -0.2) is 39.8 Å². The Kier molecular flexibility index (Phi) is 7.80. The van der Waals surface area contributed by atoms with Crippen LogP contribution in [-0.2, 0) is 16.0 Å². The number of benzene rings is 2. The Morgan fingerprint density at radius 2 is 1.58 bits per heavy atom. The largest absolute Gasteiger partial charge is 0.508 e. The first-order chi connectivity index (χ1) is 11.4. The molecule has 2 rings (SSSR count). The maximum absolute atomic E-state index is 10.4. The number of phenols is 1. The van der Waals surface area contributed by atoms with Gasteiger partial charge in [-0.05, 0) is 36.2 Å². The van der Waals surface area contributed by atoms with Gasteiger partial charge in [0, 0.05) is 5.69 Å². The van der Waals surface area contributed by atoms with Gasteiger partial charge in [0.05, 0.1) is 0 Å². The van der Waals surface area contributed by atoms with Gasteiger partial charge in [0.1, 0.15) is 18.3 Å². The van der Waals surface area contributed by atoms with E-state index in [1.165, 1.54) is 12.1 Å². The molecule has 0 fully saturated rings. The fourth-order valence-corrected chi connectivity index (χ4v) is 1.71. The molecule has 0 aliphatic carbocycles. The van der Waals surface area contributed by atoms with Crippen molar-refractivity contribution < 1.29 is 24.9 Å². The molecule has 2 aromatic carbocycles. The molecule has 1 atom stereocenters. The quantitative estimate of drug-likeness (QED) is 0.541. The molecule has 0 aromatic heterocycles. The molecule has 0 radical (unpaired) electrons. The highest BCUT2D eigenvalue weighted by atomic mass is 16.4. The second kappa shape index (κ2) is 9.86. The summed E-state index contributed by atoms with van der Waals surface area (Å²) in [5, 5.41) is 28.5. The van der Waals surface area contributed by atoms with Crippen LogP contribution in [0, 0.1) is 0 Å². The fraction of sp³-hybridized carbons (Fsp3) is 0.176. The van der Waals surface area contributed by atoms with E-state index in [0.717, 1.165) is 11.3 Å². The van der Waals surface area contributed by atoms with Crippen LogP contribution in [0.4, 0.5) is 5.69 Å². The molecule has 24 heavy (non-hydrogen) atoms. The van der Waals surface area contributed by atoms with Gasteiger partial charge in [-0.15, -0.1) is 0 Å². The van der Waals surface area contributed by atoms with E-state index in [2.05, 4.69) is 5.32 Å². The molecular weight excluding hydrogens is 312 g/mol. The molecule has 0 aliphatic rings. The van der Waals surface area contributed by atoms with Crippen LogP contribution in [0.3, 0.4) is 0 Å². The summed E-state index contributed by atoms with van der Waals surface area (Å²) in [7, 11) is 0. The highest BCUT2D eigenvalue weighted by Gasteiger charge is 2.11. The normalized spacial score (nSPS) is 10.9. The van der Waals surface area contributed by atoms with Crippen LogP contribution in [0.1, 0.15) is 5.56 Å². The summed E-state index contributed by atoms with van der Waals surface area (Å²) >= 11 is 0. The third-order valence-corrected chi connectivity index (χ3v) is 2.93. The molecule has 0 spiro atoms. The number of phenolic OH excluding ortho intramolecular Hbond substituents is 1. The van der Waals surface area contributed by atoms with E-state index in [1.54, 1.807) is 12.1 Å². The zero-order valence-electron chi connectivity index (χ0n) is 12.9. The van der Waals surface area contributed by atoms with Crippen molar-refractivity contribution in [2.24, 2.45) is 5.73 Å². The van der Waals surface area contributed by atoms with Crippen molar-refractivity contribution in [1.82, 2.24) is 0 Å². The highest BCUT2D eigenvalue weighted by Crippen LogP contribution is 2.10. The van der Waals surface area contributed by atoms with Gasteiger partial charge >= 0.3 is 11.9 Å². The Hall–Kier alpha value is -3.06. The summed E-state index contributed by atoms with van der Waals surface area (Å²) in [6.07, 6.45) is 0.273. The van der Waals surface area contributed by atoms with Gasteiger partial charge in [-0.3, -0.25) is 9.59 Å².